The van der Waals surface area contributed by atoms with Gasteiger partial charge in [0, 0.05) is 16.1 Å². The fourth-order valence-corrected chi connectivity index (χ4v) is 2.70. The predicted molar refractivity (Wildman–Crippen MR) is 87.3 cm³/mol. The molecule has 2 aromatic rings. The van der Waals surface area contributed by atoms with Crippen LogP contribution in [0.4, 0.5) is 5.69 Å². The van der Waals surface area contributed by atoms with E-state index in [2.05, 4.69) is 15.9 Å². The quantitative estimate of drug-likeness (QED) is 0.592. The number of aryl methyl sites for hydroxylation is 1. The van der Waals surface area contributed by atoms with Crippen molar-refractivity contribution >= 4 is 21.6 Å². The topological polar surface area (TPSA) is 70.8 Å². The number of fused-ring (bicyclic) bond motifs is 1. The molecule has 1 aliphatic rings. The lowest BCUT2D eigenvalue weighted by Gasteiger charge is -2.20. The van der Waals surface area contributed by atoms with Gasteiger partial charge in [-0.15, -0.1) is 0 Å². The molecule has 0 bridgehead atoms. The van der Waals surface area contributed by atoms with Crippen molar-refractivity contribution in [2.75, 3.05) is 13.2 Å². The molecule has 0 aliphatic carbocycles. The van der Waals surface area contributed by atoms with Crippen LogP contribution in [0.2, 0.25) is 0 Å². The van der Waals surface area contributed by atoms with Gasteiger partial charge in [-0.2, -0.15) is 0 Å². The molecule has 23 heavy (non-hydrogen) atoms. The molecule has 2 aromatic carbocycles. The molecule has 0 amide bonds. The number of nitrogens with zero attached hydrogens (tertiary/aromatic N) is 1. The monoisotopic (exact) mass is 379 g/mol. The molecule has 0 aromatic heterocycles. The van der Waals surface area contributed by atoms with E-state index in [9.17, 15) is 10.1 Å². The highest BCUT2D eigenvalue weighted by atomic mass is 79.9. The van der Waals surface area contributed by atoms with E-state index < -0.39 is 4.92 Å². The number of nitro benzene ring substituents is 1. The summed E-state index contributed by atoms with van der Waals surface area (Å²) in [6.07, 6.45) is 0. The van der Waals surface area contributed by atoms with Crippen molar-refractivity contribution in [3.05, 3.63) is 56.0 Å². The zero-order valence-electron chi connectivity index (χ0n) is 12.4. The number of rotatable bonds is 4. The molecular weight excluding hydrogens is 366 g/mol. The molecule has 0 saturated heterocycles. The third-order valence-corrected chi connectivity index (χ3v) is 4.14. The fraction of sp³-hybridized carbons (Fsp3) is 0.250. The number of ether oxygens (including phenoxy) is 3. The Balaban J connectivity index is 1.82. The molecule has 0 unspecified atom stereocenters. The van der Waals surface area contributed by atoms with Gasteiger partial charge in [0.05, 0.1) is 4.92 Å². The van der Waals surface area contributed by atoms with Crippen LogP contribution < -0.4 is 14.2 Å². The van der Waals surface area contributed by atoms with Crippen LogP contribution in [-0.4, -0.2) is 18.1 Å². The Labute approximate surface area is 141 Å². The molecule has 7 heteroatoms. The van der Waals surface area contributed by atoms with Crippen LogP contribution in [0.5, 0.6) is 17.2 Å². The third-order valence-electron chi connectivity index (χ3n) is 3.41. The van der Waals surface area contributed by atoms with Gasteiger partial charge in [-0.1, -0.05) is 22.0 Å². The van der Waals surface area contributed by atoms with Gasteiger partial charge in [0.25, 0.3) is 0 Å². The Morgan fingerprint density at radius 3 is 2.61 bits per heavy atom. The number of halogens is 1. The van der Waals surface area contributed by atoms with Gasteiger partial charge in [0.2, 0.25) is 0 Å². The summed E-state index contributed by atoms with van der Waals surface area (Å²) < 4.78 is 17.5. The summed E-state index contributed by atoms with van der Waals surface area (Å²) in [5.74, 6) is 1.56. The highest BCUT2D eigenvalue weighted by Gasteiger charge is 2.18. The van der Waals surface area contributed by atoms with Crippen molar-refractivity contribution in [2.24, 2.45) is 0 Å². The van der Waals surface area contributed by atoms with Crippen molar-refractivity contribution in [3.8, 4) is 17.2 Å². The van der Waals surface area contributed by atoms with Gasteiger partial charge < -0.3 is 14.2 Å². The molecule has 0 saturated carbocycles. The molecule has 1 aliphatic heterocycles. The summed E-state index contributed by atoms with van der Waals surface area (Å²) in [5, 5.41) is 11.1. The van der Waals surface area contributed by atoms with E-state index >= 15 is 0 Å². The number of hydrogen-bond donors (Lipinski definition) is 0. The minimum Gasteiger partial charge on any atom is -0.486 e. The van der Waals surface area contributed by atoms with E-state index in [1.807, 2.05) is 12.1 Å². The lowest BCUT2D eigenvalue weighted by atomic mass is 10.2. The summed E-state index contributed by atoms with van der Waals surface area (Å²) in [5.41, 5.74) is 1.59. The van der Waals surface area contributed by atoms with Gasteiger partial charge in [-0.3, -0.25) is 10.1 Å². The third kappa shape index (κ3) is 3.39. The zero-order valence-corrected chi connectivity index (χ0v) is 14.0. The largest absolute Gasteiger partial charge is 0.486 e. The van der Waals surface area contributed by atoms with Gasteiger partial charge in [-0.05, 0) is 30.7 Å². The Kier molecular flexibility index (Phi) is 4.38. The Morgan fingerprint density at radius 1 is 1.22 bits per heavy atom. The Hall–Kier alpha value is -2.28. The maximum absolute atomic E-state index is 11.1. The highest BCUT2D eigenvalue weighted by molar-refractivity contribution is 9.10. The Bertz CT molecular complexity index is 762. The van der Waals surface area contributed by atoms with Crippen molar-refractivity contribution in [3.63, 3.8) is 0 Å². The first-order valence-corrected chi connectivity index (χ1v) is 7.80. The van der Waals surface area contributed by atoms with Crippen LogP contribution in [-0.2, 0) is 6.61 Å². The first kappa shape index (κ1) is 15.6. The van der Waals surface area contributed by atoms with Crippen LogP contribution in [0.15, 0.2) is 34.8 Å². The second-order valence-electron chi connectivity index (χ2n) is 5.10. The normalized spacial score (nSPS) is 12.8. The maximum atomic E-state index is 11.1. The Morgan fingerprint density at radius 2 is 1.91 bits per heavy atom. The van der Waals surface area contributed by atoms with Crippen molar-refractivity contribution in [2.45, 2.75) is 13.5 Å². The summed E-state index contributed by atoms with van der Waals surface area (Å²) in [6, 6.07) is 8.52. The number of hydrogen-bond acceptors (Lipinski definition) is 5. The van der Waals surface area contributed by atoms with Crippen molar-refractivity contribution < 1.29 is 19.1 Å². The molecule has 0 radical (unpaired) electrons. The average molecular weight is 380 g/mol. The molecule has 6 nitrogen and oxygen atoms in total. The summed E-state index contributed by atoms with van der Waals surface area (Å²) >= 11 is 3.46. The second-order valence-corrected chi connectivity index (χ2v) is 5.96. The van der Waals surface area contributed by atoms with Gasteiger partial charge >= 0.3 is 5.69 Å². The summed E-state index contributed by atoms with van der Waals surface area (Å²) in [4.78, 5) is 10.7. The SMILES string of the molecule is Cc1ccc(OCc2cc3c(cc2Br)OCCO3)c([N+](=O)[O-])c1. The maximum Gasteiger partial charge on any atom is 0.311 e. The van der Waals surface area contributed by atoms with Crippen LogP contribution in [0.1, 0.15) is 11.1 Å². The molecule has 1 heterocycles. The fourth-order valence-electron chi connectivity index (χ4n) is 2.26. The van der Waals surface area contributed by atoms with Crippen LogP contribution >= 0.6 is 15.9 Å². The van der Waals surface area contributed by atoms with Gasteiger partial charge in [0.15, 0.2) is 17.2 Å². The first-order chi connectivity index (χ1) is 11.0. The van der Waals surface area contributed by atoms with E-state index in [4.69, 9.17) is 14.2 Å². The number of benzene rings is 2. The minimum absolute atomic E-state index is 0.0429. The minimum atomic E-state index is -0.443. The summed E-state index contributed by atoms with van der Waals surface area (Å²) in [7, 11) is 0. The molecule has 3 rings (SSSR count). The lowest BCUT2D eigenvalue weighted by molar-refractivity contribution is -0.386. The van der Waals surface area contributed by atoms with E-state index in [0.29, 0.717) is 24.7 Å². The molecular formula is C16H14BrNO5. The number of nitro groups is 1. The first-order valence-electron chi connectivity index (χ1n) is 7.00. The van der Waals surface area contributed by atoms with Crippen LogP contribution in [0, 0.1) is 17.0 Å². The molecule has 0 atom stereocenters. The standard InChI is InChI=1S/C16H14BrNO5/c1-10-2-3-14(13(6-10)18(19)20)23-9-11-7-15-16(8-12(11)17)22-5-4-21-15/h2-3,6-8H,4-5,9H2,1H3. The lowest BCUT2D eigenvalue weighted by Crippen LogP contribution is -2.15. The highest BCUT2D eigenvalue weighted by Crippen LogP contribution is 2.36. The van der Waals surface area contributed by atoms with Crippen molar-refractivity contribution in [1.29, 1.82) is 0 Å². The zero-order chi connectivity index (χ0) is 16.4. The molecule has 120 valence electrons. The smallest absolute Gasteiger partial charge is 0.311 e. The van der Waals surface area contributed by atoms with Crippen LogP contribution in [0.3, 0.4) is 0 Å². The van der Waals surface area contributed by atoms with Crippen molar-refractivity contribution in [1.82, 2.24) is 0 Å². The van der Waals surface area contributed by atoms with Gasteiger partial charge in [-0.25, -0.2) is 0 Å². The van der Waals surface area contributed by atoms with E-state index in [1.54, 1.807) is 19.1 Å². The summed E-state index contributed by atoms with van der Waals surface area (Å²) in [6.45, 7) is 3.00. The molecule has 0 fully saturated rings. The average Bonchev–Trinajstić information content (AvgIpc) is 2.53. The van der Waals surface area contributed by atoms with E-state index in [-0.39, 0.29) is 18.0 Å². The van der Waals surface area contributed by atoms with Crippen LogP contribution in [0.25, 0.3) is 0 Å². The van der Waals surface area contributed by atoms with E-state index in [1.165, 1.54) is 6.07 Å². The molecule has 0 N–H and O–H groups in total. The molecule has 0 spiro atoms. The second kappa shape index (κ2) is 6.45. The van der Waals surface area contributed by atoms with E-state index in [0.717, 1.165) is 15.6 Å². The predicted octanol–water partition coefficient (Wildman–Crippen LogP) is 4.02. The van der Waals surface area contributed by atoms with Gasteiger partial charge in [0.1, 0.15) is 19.8 Å².